The molecule has 3 nitrogen and oxygen atoms in total. The molecule has 1 heterocycles. The average Bonchev–Trinajstić information content (AvgIpc) is 2.48. The van der Waals surface area contributed by atoms with Crippen molar-refractivity contribution in [3.63, 3.8) is 0 Å². The Morgan fingerprint density at radius 2 is 1.90 bits per heavy atom. The Morgan fingerprint density at radius 3 is 2.55 bits per heavy atom. The minimum absolute atomic E-state index is 0.168. The lowest BCUT2D eigenvalue weighted by molar-refractivity contribution is 0.636. The molecule has 0 saturated carbocycles. The van der Waals surface area contributed by atoms with Crippen LogP contribution < -0.4 is 5.73 Å². The molecule has 1 unspecified atom stereocenters. The number of benzene rings is 1. The van der Waals surface area contributed by atoms with Crippen LogP contribution >= 0.6 is 11.8 Å². The van der Waals surface area contributed by atoms with E-state index in [2.05, 4.69) is 48.1 Å². The lowest BCUT2D eigenvalue weighted by Gasteiger charge is -2.09. The monoisotopic (exact) mass is 287 g/mol. The number of rotatable bonds is 6. The summed E-state index contributed by atoms with van der Waals surface area (Å²) in [5, 5.41) is 0. The highest BCUT2D eigenvalue weighted by molar-refractivity contribution is 7.99. The first kappa shape index (κ1) is 15.0. The van der Waals surface area contributed by atoms with Gasteiger partial charge in [0.2, 0.25) is 0 Å². The van der Waals surface area contributed by atoms with Gasteiger partial charge in [-0.15, -0.1) is 11.8 Å². The van der Waals surface area contributed by atoms with E-state index >= 15 is 0 Å². The number of thioether (sulfide) groups is 1. The molecule has 106 valence electrons. The molecule has 0 fully saturated rings. The molecule has 0 spiro atoms. The van der Waals surface area contributed by atoms with Gasteiger partial charge in [-0.05, 0) is 30.4 Å². The van der Waals surface area contributed by atoms with Gasteiger partial charge in [0.05, 0.1) is 0 Å². The summed E-state index contributed by atoms with van der Waals surface area (Å²) in [7, 11) is 0. The van der Waals surface area contributed by atoms with E-state index in [1.54, 1.807) is 0 Å². The number of nitrogens with two attached hydrogens (primary N) is 1. The van der Waals surface area contributed by atoms with Crippen LogP contribution in [0, 0.1) is 0 Å². The van der Waals surface area contributed by atoms with Crippen molar-refractivity contribution in [1.82, 2.24) is 9.97 Å². The standard InChI is InChI=1S/C16H21N3S/c1-3-13(17)11-14-9-10-18-16(19-14)12-5-7-15(8-6-12)20-4-2/h5-10,13H,3-4,11,17H2,1-2H3. The van der Waals surface area contributed by atoms with E-state index in [1.807, 2.05) is 24.0 Å². The molecule has 1 aromatic carbocycles. The number of nitrogens with zero attached hydrogens (tertiary/aromatic N) is 2. The van der Waals surface area contributed by atoms with E-state index in [4.69, 9.17) is 5.73 Å². The van der Waals surface area contributed by atoms with Crippen molar-refractivity contribution in [1.29, 1.82) is 0 Å². The second kappa shape index (κ2) is 7.41. The Hall–Kier alpha value is -1.39. The lowest BCUT2D eigenvalue weighted by Crippen LogP contribution is -2.22. The van der Waals surface area contributed by atoms with Gasteiger partial charge in [0.15, 0.2) is 5.82 Å². The predicted octanol–water partition coefficient (Wildman–Crippen LogP) is 3.54. The molecule has 0 amide bonds. The van der Waals surface area contributed by atoms with Gasteiger partial charge in [-0.2, -0.15) is 0 Å². The zero-order valence-corrected chi connectivity index (χ0v) is 12.9. The van der Waals surface area contributed by atoms with Crippen molar-refractivity contribution in [2.24, 2.45) is 5.73 Å². The maximum Gasteiger partial charge on any atom is 0.159 e. The van der Waals surface area contributed by atoms with Crippen molar-refractivity contribution < 1.29 is 0 Å². The van der Waals surface area contributed by atoms with E-state index in [9.17, 15) is 0 Å². The summed E-state index contributed by atoms with van der Waals surface area (Å²) < 4.78 is 0. The molecular weight excluding hydrogens is 266 g/mol. The quantitative estimate of drug-likeness (QED) is 0.826. The Labute approximate surface area is 125 Å². The SMILES string of the molecule is CCSc1ccc(-c2nccc(CC(N)CC)n2)cc1. The third-order valence-electron chi connectivity index (χ3n) is 3.13. The Morgan fingerprint density at radius 1 is 1.15 bits per heavy atom. The van der Waals surface area contributed by atoms with E-state index in [0.29, 0.717) is 0 Å². The highest BCUT2D eigenvalue weighted by Crippen LogP contribution is 2.22. The molecule has 0 aliphatic carbocycles. The summed E-state index contributed by atoms with van der Waals surface area (Å²) in [5.74, 6) is 1.86. The number of hydrogen-bond acceptors (Lipinski definition) is 4. The second-order valence-corrected chi connectivity index (χ2v) is 6.04. The minimum Gasteiger partial charge on any atom is -0.327 e. The van der Waals surface area contributed by atoms with Crippen molar-refractivity contribution in [3.05, 3.63) is 42.2 Å². The van der Waals surface area contributed by atoms with Crippen LogP contribution in [-0.2, 0) is 6.42 Å². The molecule has 2 N–H and O–H groups in total. The van der Waals surface area contributed by atoms with Crippen LogP contribution in [0.1, 0.15) is 26.0 Å². The van der Waals surface area contributed by atoms with Gasteiger partial charge in [-0.25, -0.2) is 9.97 Å². The predicted molar refractivity (Wildman–Crippen MR) is 85.8 cm³/mol. The molecule has 20 heavy (non-hydrogen) atoms. The topological polar surface area (TPSA) is 51.8 Å². The lowest BCUT2D eigenvalue weighted by atomic mass is 10.1. The third kappa shape index (κ3) is 4.05. The van der Waals surface area contributed by atoms with Crippen molar-refractivity contribution in [2.75, 3.05) is 5.75 Å². The van der Waals surface area contributed by atoms with E-state index < -0.39 is 0 Å². The highest BCUT2D eigenvalue weighted by atomic mass is 32.2. The Bertz CT molecular complexity index is 540. The van der Waals surface area contributed by atoms with Crippen LogP contribution in [0.5, 0.6) is 0 Å². The number of aromatic nitrogens is 2. The molecule has 1 atom stereocenters. The van der Waals surface area contributed by atoms with Gasteiger partial charge in [-0.1, -0.05) is 26.0 Å². The van der Waals surface area contributed by atoms with Crippen molar-refractivity contribution >= 4 is 11.8 Å². The fraction of sp³-hybridized carbons (Fsp3) is 0.375. The second-order valence-electron chi connectivity index (χ2n) is 4.70. The molecule has 0 radical (unpaired) electrons. The van der Waals surface area contributed by atoms with Gasteiger partial charge in [-0.3, -0.25) is 0 Å². The van der Waals surface area contributed by atoms with Crippen LogP contribution in [-0.4, -0.2) is 21.8 Å². The van der Waals surface area contributed by atoms with E-state index in [-0.39, 0.29) is 6.04 Å². The van der Waals surface area contributed by atoms with Gasteiger partial charge in [0.1, 0.15) is 0 Å². The Balaban J connectivity index is 2.17. The molecule has 0 bridgehead atoms. The fourth-order valence-electron chi connectivity index (χ4n) is 1.93. The minimum atomic E-state index is 0.168. The summed E-state index contributed by atoms with van der Waals surface area (Å²) in [5.41, 5.74) is 8.05. The van der Waals surface area contributed by atoms with E-state index in [0.717, 1.165) is 35.7 Å². The normalized spacial score (nSPS) is 12.3. The van der Waals surface area contributed by atoms with Crippen LogP contribution in [0.15, 0.2) is 41.4 Å². The van der Waals surface area contributed by atoms with Gasteiger partial charge in [0, 0.05) is 34.8 Å². The molecule has 0 aliphatic heterocycles. The average molecular weight is 287 g/mol. The van der Waals surface area contributed by atoms with Crippen molar-refractivity contribution in [3.8, 4) is 11.4 Å². The summed E-state index contributed by atoms with van der Waals surface area (Å²) in [4.78, 5) is 10.2. The highest BCUT2D eigenvalue weighted by Gasteiger charge is 2.06. The van der Waals surface area contributed by atoms with Crippen LogP contribution in [0.25, 0.3) is 11.4 Å². The molecular formula is C16H21N3S. The molecule has 2 aromatic rings. The first-order valence-electron chi connectivity index (χ1n) is 7.03. The van der Waals surface area contributed by atoms with Crippen LogP contribution in [0.3, 0.4) is 0 Å². The maximum absolute atomic E-state index is 5.98. The molecule has 0 aliphatic rings. The zero-order chi connectivity index (χ0) is 14.4. The molecule has 1 aromatic heterocycles. The smallest absolute Gasteiger partial charge is 0.159 e. The summed E-state index contributed by atoms with van der Waals surface area (Å²) in [6.07, 6.45) is 3.58. The summed E-state index contributed by atoms with van der Waals surface area (Å²) >= 11 is 1.84. The van der Waals surface area contributed by atoms with Gasteiger partial charge in [0.25, 0.3) is 0 Å². The first-order chi connectivity index (χ1) is 9.72. The Kier molecular flexibility index (Phi) is 5.56. The van der Waals surface area contributed by atoms with Crippen molar-refractivity contribution in [2.45, 2.75) is 37.6 Å². The molecule has 2 rings (SSSR count). The van der Waals surface area contributed by atoms with Crippen LogP contribution in [0.4, 0.5) is 0 Å². The maximum atomic E-state index is 5.98. The van der Waals surface area contributed by atoms with Gasteiger partial charge >= 0.3 is 0 Å². The van der Waals surface area contributed by atoms with Gasteiger partial charge < -0.3 is 5.73 Å². The molecule has 0 saturated heterocycles. The summed E-state index contributed by atoms with van der Waals surface area (Å²) in [6.45, 7) is 4.25. The van der Waals surface area contributed by atoms with E-state index in [1.165, 1.54) is 4.90 Å². The number of hydrogen-bond donors (Lipinski definition) is 1. The fourth-order valence-corrected chi connectivity index (χ4v) is 2.59. The van der Waals surface area contributed by atoms with Crippen LogP contribution in [0.2, 0.25) is 0 Å². The third-order valence-corrected chi connectivity index (χ3v) is 4.03. The summed E-state index contributed by atoms with van der Waals surface area (Å²) in [6, 6.07) is 10.5. The molecule has 4 heteroatoms. The largest absolute Gasteiger partial charge is 0.327 e. The zero-order valence-electron chi connectivity index (χ0n) is 12.0. The first-order valence-corrected chi connectivity index (χ1v) is 8.02.